The number of amides is 1. The first-order chi connectivity index (χ1) is 12.1. The summed E-state index contributed by atoms with van der Waals surface area (Å²) in [6, 6.07) is 6.20. The Balaban J connectivity index is 1.63. The van der Waals surface area contributed by atoms with Gasteiger partial charge in [-0.15, -0.1) is 5.10 Å². The molecule has 0 radical (unpaired) electrons. The number of hydrogen-bond acceptors (Lipinski definition) is 5. The van der Waals surface area contributed by atoms with Crippen LogP contribution < -0.4 is 0 Å². The molecule has 2 aromatic heterocycles. The fourth-order valence-corrected chi connectivity index (χ4v) is 3.18. The minimum absolute atomic E-state index is 0.0946. The molecule has 8 nitrogen and oxygen atoms in total. The maximum atomic E-state index is 13.5. The number of aromatic nitrogens is 6. The van der Waals surface area contributed by atoms with Crippen molar-refractivity contribution in [3.05, 3.63) is 53.6 Å². The molecule has 1 saturated heterocycles. The van der Waals surface area contributed by atoms with Crippen LogP contribution in [-0.2, 0) is 0 Å². The minimum atomic E-state index is -0.305. The van der Waals surface area contributed by atoms with Gasteiger partial charge in [-0.2, -0.15) is 14.8 Å². The standard InChI is InChI=1S/C16H16FN7O/c1-10-20-14(22-24(10)16-18-9-19-21-16)15(25)23-7-3-6-13(23)11-4-2-5-12(17)8-11/h2,4-5,8-9,13H,3,6-7H2,1H3,(H,18,19,21)/t13-/m1/s1. The number of halogens is 1. The molecule has 4 rings (SSSR count). The van der Waals surface area contributed by atoms with Crippen LogP contribution in [0.1, 0.15) is 40.9 Å². The average molecular weight is 341 g/mol. The lowest BCUT2D eigenvalue weighted by molar-refractivity contribution is 0.0723. The van der Waals surface area contributed by atoms with E-state index in [0.29, 0.717) is 18.3 Å². The largest absolute Gasteiger partial charge is 0.329 e. The number of carbonyl (C=O) groups excluding carboxylic acids is 1. The smallest absolute Gasteiger partial charge is 0.294 e. The first-order valence-corrected chi connectivity index (χ1v) is 7.99. The number of rotatable bonds is 3. The summed E-state index contributed by atoms with van der Waals surface area (Å²) in [5.74, 6) is 0.444. The Bertz CT molecular complexity index is 905. The van der Waals surface area contributed by atoms with Crippen LogP contribution in [0, 0.1) is 12.7 Å². The van der Waals surface area contributed by atoms with E-state index in [2.05, 4.69) is 25.3 Å². The summed E-state index contributed by atoms with van der Waals surface area (Å²) in [4.78, 5) is 22.9. The molecule has 1 aromatic carbocycles. The second-order valence-corrected chi connectivity index (χ2v) is 5.92. The van der Waals surface area contributed by atoms with Gasteiger partial charge in [0.1, 0.15) is 18.0 Å². The molecule has 0 saturated carbocycles. The lowest BCUT2D eigenvalue weighted by Crippen LogP contribution is -2.31. The van der Waals surface area contributed by atoms with Gasteiger partial charge in [0.2, 0.25) is 11.8 Å². The average Bonchev–Trinajstić information content (AvgIpc) is 3.34. The van der Waals surface area contributed by atoms with Crippen LogP contribution in [0.5, 0.6) is 0 Å². The van der Waals surface area contributed by atoms with E-state index in [1.54, 1.807) is 17.9 Å². The fourth-order valence-electron chi connectivity index (χ4n) is 3.18. The van der Waals surface area contributed by atoms with Crippen molar-refractivity contribution in [3.8, 4) is 5.95 Å². The van der Waals surface area contributed by atoms with Gasteiger partial charge in [-0.25, -0.2) is 14.5 Å². The van der Waals surface area contributed by atoms with E-state index in [4.69, 9.17) is 0 Å². The highest BCUT2D eigenvalue weighted by molar-refractivity contribution is 5.91. The summed E-state index contributed by atoms with van der Waals surface area (Å²) >= 11 is 0. The molecule has 0 aliphatic carbocycles. The Kier molecular flexibility index (Phi) is 3.75. The Hall–Kier alpha value is -3.10. The first kappa shape index (κ1) is 15.4. The maximum Gasteiger partial charge on any atom is 0.294 e. The number of aromatic amines is 1. The van der Waals surface area contributed by atoms with Gasteiger partial charge in [0, 0.05) is 6.54 Å². The summed E-state index contributed by atoms with van der Waals surface area (Å²) in [7, 11) is 0. The quantitative estimate of drug-likeness (QED) is 0.784. The lowest BCUT2D eigenvalue weighted by Gasteiger charge is -2.23. The van der Waals surface area contributed by atoms with E-state index < -0.39 is 0 Å². The first-order valence-electron chi connectivity index (χ1n) is 7.99. The molecular weight excluding hydrogens is 325 g/mol. The summed E-state index contributed by atoms with van der Waals surface area (Å²) < 4.78 is 15.0. The monoisotopic (exact) mass is 341 g/mol. The highest BCUT2D eigenvalue weighted by Crippen LogP contribution is 2.33. The molecule has 1 atom stereocenters. The predicted octanol–water partition coefficient (Wildman–Crippen LogP) is 1.81. The van der Waals surface area contributed by atoms with E-state index in [9.17, 15) is 9.18 Å². The predicted molar refractivity (Wildman–Crippen MR) is 85.4 cm³/mol. The number of aryl methyl sites for hydroxylation is 1. The van der Waals surface area contributed by atoms with Crippen LogP contribution in [0.2, 0.25) is 0 Å². The van der Waals surface area contributed by atoms with Crippen molar-refractivity contribution >= 4 is 5.91 Å². The highest BCUT2D eigenvalue weighted by atomic mass is 19.1. The molecule has 0 unspecified atom stereocenters. The topological polar surface area (TPSA) is 92.6 Å². The van der Waals surface area contributed by atoms with E-state index in [-0.39, 0.29) is 23.6 Å². The second kappa shape index (κ2) is 6.08. The molecule has 1 N–H and O–H groups in total. The number of nitrogens with one attached hydrogen (secondary N) is 1. The molecule has 1 aliphatic rings. The molecule has 9 heteroatoms. The van der Waals surface area contributed by atoms with E-state index in [0.717, 1.165) is 18.4 Å². The van der Waals surface area contributed by atoms with Gasteiger partial charge < -0.3 is 4.90 Å². The minimum Gasteiger partial charge on any atom is -0.329 e. The van der Waals surface area contributed by atoms with Gasteiger partial charge in [0.05, 0.1) is 6.04 Å². The number of carbonyl (C=O) groups is 1. The van der Waals surface area contributed by atoms with Crippen LogP contribution in [0.15, 0.2) is 30.6 Å². The lowest BCUT2D eigenvalue weighted by atomic mass is 10.0. The number of hydrogen-bond donors (Lipinski definition) is 1. The third-order valence-corrected chi connectivity index (χ3v) is 4.31. The van der Waals surface area contributed by atoms with Crippen molar-refractivity contribution in [2.45, 2.75) is 25.8 Å². The molecule has 128 valence electrons. The molecule has 1 fully saturated rings. The third-order valence-electron chi connectivity index (χ3n) is 4.31. The SMILES string of the molecule is Cc1nc(C(=O)N2CCC[C@@H]2c2cccc(F)c2)nn1-c1ncn[nH]1. The maximum absolute atomic E-state index is 13.5. The number of nitrogens with zero attached hydrogens (tertiary/aromatic N) is 6. The van der Waals surface area contributed by atoms with Gasteiger partial charge in [-0.3, -0.25) is 4.79 Å². The summed E-state index contributed by atoms with van der Waals surface area (Å²) in [6.07, 6.45) is 3.00. The van der Waals surface area contributed by atoms with E-state index in [1.807, 2.05) is 6.07 Å². The van der Waals surface area contributed by atoms with Crippen molar-refractivity contribution in [2.75, 3.05) is 6.54 Å². The fraction of sp³-hybridized carbons (Fsp3) is 0.312. The Labute approximate surface area is 142 Å². The van der Waals surface area contributed by atoms with Crippen LogP contribution in [0.4, 0.5) is 4.39 Å². The van der Waals surface area contributed by atoms with Crippen molar-refractivity contribution < 1.29 is 9.18 Å². The van der Waals surface area contributed by atoms with Crippen LogP contribution >= 0.6 is 0 Å². The normalized spacial score (nSPS) is 17.2. The van der Waals surface area contributed by atoms with Gasteiger partial charge in [-0.05, 0) is 37.5 Å². The zero-order valence-corrected chi connectivity index (χ0v) is 13.6. The van der Waals surface area contributed by atoms with Crippen molar-refractivity contribution in [1.82, 2.24) is 34.8 Å². The van der Waals surface area contributed by atoms with Gasteiger partial charge >= 0.3 is 0 Å². The Morgan fingerprint density at radius 3 is 3.04 bits per heavy atom. The van der Waals surface area contributed by atoms with E-state index in [1.165, 1.54) is 23.1 Å². The second-order valence-electron chi connectivity index (χ2n) is 5.92. The molecule has 3 heterocycles. The van der Waals surface area contributed by atoms with E-state index >= 15 is 0 Å². The molecule has 0 bridgehead atoms. The molecule has 0 spiro atoms. The Morgan fingerprint density at radius 1 is 1.40 bits per heavy atom. The molecule has 25 heavy (non-hydrogen) atoms. The summed E-state index contributed by atoms with van der Waals surface area (Å²) in [5.41, 5.74) is 0.789. The number of likely N-dealkylation sites (tertiary alicyclic amines) is 1. The zero-order valence-electron chi connectivity index (χ0n) is 13.6. The highest BCUT2D eigenvalue weighted by Gasteiger charge is 2.33. The van der Waals surface area contributed by atoms with Crippen molar-refractivity contribution in [1.29, 1.82) is 0 Å². The molecule has 3 aromatic rings. The van der Waals surface area contributed by atoms with Crippen LogP contribution in [0.3, 0.4) is 0 Å². The number of H-pyrrole nitrogens is 1. The van der Waals surface area contributed by atoms with Crippen molar-refractivity contribution in [2.24, 2.45) is 0 Å². The molecule has 1 aliphatic heterocycles. The number of benzene rings is 1. The van der Waals surface area contributed by atoms with Crippen LogP contribution in [0.25, 0.3) is 5.95 Å². The van der Waals surface area contributed by atoms with Gasteiger partial charge in [0.15, 0.2) is 0 Å². The van der Waals surface area contributed by atoms with Gasteiger partial charge in [-0.1, -0.05) is 12.1 Å². The Morgan fingerprint density at radius 2 is 2.28 bits per heavy atom. The third kappa shape index (κ3) is 2.77. The van der Waals surface area contributed by atoms with Crippen LogP contribution in [-0.4, -0.2) is 47.3 Å². The van der Waals surface area contributed by atoms with Crippen molar-refractivity contribution in [3.63, 3.8) is 0 Å². The zero-order chi connectivity index (χ0) is 17.4. The summed E-state index contributed by atoms with van der Waals surface area (Å²) in [6.45, 7) is 2.33. The molecular formula is C16H16FN7O. The van der Waals surface area contributed by atoms with Gasteiger partial charge in [0.25, 0.3) is 5.91 Å². The molecule has 1 amide bonds. The summed E-state index contributed by atoms with van der Waals surface area (Å²) in [5, 5.41) is 10.7.